The molecule has 2 aromatic rings. The summed E-state index contributed by atoms with van der Waals surface area (Å²) in [5.74, 6) is 0.640. The van der Waals surface area contributed by atoms with Crippen molar-refractivity contribution in [1.29, 1.82) is 0 Å². The van der Waals surface area contributed by atoms with Crippen LogP contribution in [-0.2, 0) is 0 Å². The average molecular weight is 396 g/mol. The summed E-state index contributed by atoms with van der Waals surface area (Å²) < 4.78 is 6.00. The molecule has 2 aliphatic heterocycles. The number of fused-ring (bicyclic) bond motifs is 3. The second-order valence-electron chi connectivity index (χ2n) is 7.77. The van der Waals surface area contributed by atoms with Gasteiger partial charge in [-0.25, -0.2) is 4.79 Å². The summed E-state index contributed by atoms with van der Waals surface area (Å²) in [5, 5.41) is 14.8. The van der Waals surface area contributed by atoms with E-state index in [4.69, 9.17) is 4.74 Å². The SMILES string of the molecule is CN(C)c1cccc(Oc2cc3c(cc2NC(=O)O)N2CCCC2(C)NC3=O)c1. The third-order valence-corrected chi connectivity index (χ3v) is 5.46. The van der Waals surface area contributed by atoms with Crippen molar-refractivity contribution in [1.82, 2.24) is 5.32 Å². The molecule has 0 saturated carbocycles. The average Bonchev–Trinajstić information content (AvgIpc) is 3.04. The molecule has 0 aliphatic carbocycles. The van der Waals surface area contributed by atoms with Crippen molar-refractivity contribution in [3.63, 3.8) is 0 Å². The molecule has 8 heteroatoms. The van der Waals surface area contributed by atoms with Gasteiger partial charge in [-0.1, -0.05) is 6.07 Å². The Hall–Kier alpha value is -3.42. The molecular weight excluding hydrogens is 372 g/mol. The van der Waals surface area contributed by atoms with E-state index in [-0.39, 0.29) is 11.7 Å². The molecule has 0 spiro atoms. The first-order valence-electron chi connectivity index (χ1n) is 9.50. The van der Waals surface area contributed by atoms with Gasteiger partial charge in [0.2, 0.25) is 0 Å². The number of ether oxygens (including phenoxy) is 1. The van der Waals surface area contributed by atoms with Crippen molar-refractivity contribution in [3.8, 4) is 11.5 Å². The van der Waals surface area contributed by atoms with Crippen molar-refractivity contribution in [2.45, 2.75) is 25.4 Å². The minimum absolute atomic E-state index is 0.186. The zero-order chi connectivity index (χ0) is 20.8. The van der Waals surface area contributed by atoms with Gasteiger partial charge in [0.15, 0.2) is 5.75 Å². The van der Waals surface area contributed by atoms with Gasteiger partial charge in [0.05, 0.1) is 16.9 Å². The van der Waals surface area contributed by atoms with Gasteiger partial charge in [-0.2, -0.15) is 0 Å². The summed E-state index contributed by atoms with van der Waals surface area (Å²) in [4.78, 5) is 28.2. The van der Waals surface area contributed by atoms with Crippen LogP contribution < -0.4 is 25.2 Å². The highest BCUT2D eigenvalue weighted by Gasteiger charge is 2.43. The van der Waals surface area contributed by atoms with Crippen LogP contribution in [0, 0.1) is 0 Å². The van der Waals surface area contributed by atoms with E-state index in [0.717, 1.165) is 25.1 Å². The number of amides is 2. The summed E-state index contributed by atoms with van der Waals surface area (Å²) in [7, 11) is 3.85. The zero-order valence-corrected chi connectivity index (χ0v) is 16.7. The summed E-state index contributed by atoms with van der Waals surface area (Å²) >= 11 is 0. The Bertz CT molecular complexity index is 991. The lowest BCUT2D eigenvalue weighted by molar-refractivity contribution is 0.0897. The van der Waals surface area contributed by atoms with Crippen molar-refractivity contribution in [3.05, 3.63) is 42.0 Å². The number of rotatable bonds is 4. The normalized spacial score (nSPS) is 19.8. The number of hydrogen-bond acceptors (Lipinski definition) is 5. The first-order chi connectivity index (χ1) is 13.8. The maximum absolute atomic E-state index is 12.8. The maximum atomic E-state index is 12.8. The van der Waals surface area contributed by atoms with Crippen molar-refractivity contribution >= 4 is 29.1 Å². The Morgan fingerprint density at radius 2 is 2.10 bits per heavy atom. The molecule has 1 saturated heterocycles. The number of hydrogen-bond donors (Lipinski definition) is 3. The number of carbonyl (C=O) groups is 2. The molecule has 0 radical (unpaired) electrons. The van der Waals surface area contributed by atoms with Gasteiger partial charge in [0.25, 0.3) is 5.91 Å². The molecule has 2 heterocycles. The van der Waals surface area contributed by atoms with Crippen molar-refractivity contribution in [2.24, 2.45) is 0 Å². The van der Waals surface area contributed by atoms with E-state index in [9.17, 15) is 14.7 Å². The number of nitrogens with zero attached hydrogens (tertiary/aromatic N) is 2. The Balaban J connectivity index is 1.78. The number of nitrogens with one attached hydrogen (secondary N) is 2. The van der Waals surface area contributed by atoms with Gasteiger partial charge in [0, 0.05) is 32.4 Å². The van der Waals surface area contributed by atoms with Crippen LogP contribution in [-0.4, -0.2) is 43.4 Å². The van der Waals surface area contributed by atoms with Crippen LogP contribution in [0.25, 0.3) is 0 Å². The minimum atomic E-state index is -1.19. The first kappa shape index (κ1) is 18.9. The van der Waals surface area contributed by atoms with Crippen LogP contribution in [0.4, 0.5) is 21.9 Å². The predicted molar refractivity (Wildman–Crippen MR) is 111 cm³/mol. The quantitative estimate of drug-likeness (QED) is 0.730. The Kier molecular flexibility index (Phi) is 4.49. The highest BCUT2D eigenvalue weighted by molar-refractivity contribution is 6.05. The molecule has 4 rings (SSSR count). The molecule has 1 fully saturated rings. The molecule has 2 aromatic carbocycles. The minimum Gasteiger partial charge on any atom is -0.465 e. The number of carboxylic acid groups (broad SMARTS) is 1. The number of benzene rings is 2. The van der Waals surface area contributed by atoms with E-state index in [1.54, 1.807) is 18.2 Å². The third-order valence-electron chi connectivity index (χ3n) is 5.46. The molecule has 0 aromatic heterocycles. The molecule has 1 unspecified atom stereocenters. The molecular formula is C21H24N4O4. The monoisotopic (exact) mass is 396 g/mol. The summed E-state index contributed by atoms with van der Waals surface area (Å²) in [6.45, 7) is 2.78. The molecule has 0 bridgehead atoms. The van der Waals surface area contributed by atoms with E-state index >= 15 is 0 Å². The predicted octanol–water partition coefficient (Wildman–Crippen LogP) is 3.69. The van der Waals surface area contributed by atoms with Crippen LogP contribution in [0.5, 0.6) is 11.5 Å². The maximum Gasteiger partial charge on any atom is 0.409 e. The molecule has 152 valence electrons. The van der Waals surface area contributed by atoms with Crippen molar-refractivity contribution in [2.75, 3.05) is 35.8 Å². The Labute approximate surface area is 169 Å². The molecule has 1 atom stereocenters. The standard InChI is InChI=1S/C21H24N4O4/c1-21-8-5-9-25(21)17-12-16(22-20(27)28)18(11-15(17)19(26)23-21)29-14-7-4-6-13(10-14)24(2)3/h4,6-7,10-12,22H,5,8-9H2,1-3H3,(H,23,26)(H,27,28). The van der Waals surface area contributed by atoms with Crippen LogP contribution in [0.2, 0.25) is 0 Å². The highest BCUT2D eigenvalue weighted by atomic mass is 16.5. The van der Waals surface area contributed by atoms with Crippen LogP contribution in [0.3, 0.4) is 0 Å². The van der Waals surface area contributed by atoms with Crippen molar-refractivity contribution < 1.29 is 19.4 Å². The summed E-state index contributed by atoms with van der Waals surface area (Å²) in [5.41, 5.74) is 1.98. The molecule has 2 aliphatic rings. The number of carbonyl (C=O) groups excluding carboxylic acids is 1. The van der Waals surface area contributed by atoms with E-state index in [1.807, 2.05) is 44.1 Å². The zero-order valence-electron chi connectivity index (χ0n) is 16.7. The first-order valence-corrected chi connectivity index (χ1v) is 9.50. The van der Waals surface area contributed by atoms with Gasteiger partial charge < -0.3 is 25.0 Å². The molecule has 2 amide bonds. The summed E-state index contributed by atoms with van der Waals surface area (Å²) in [6, 6.07) is 10.7. The fourth-order valence-electron chi connectivity index (χ4n) is 4.01. The highest BCUT2D eigenvalue weighted by Crippen LogP contribution is 2.43. The van der Waals surface area contributed by atoms with Crippen LogP contribution in [0.1, 0.15) is 30.1 Å². The molecule has 8 nitrogen and oxygen atoms in total. The smallest absolute Gasteiger partial charge is 0.409 e. The van der Waals surface area contributed by atoms with E-state index in [0.29, 0.717) is 22.7 Å². The molecule has 29 heavy (non-hydrogen) atoms. The third kappa shape index (κ3) is 3.41. The largest absolute Gasteiger partial charge is 0.465 e. The van der Waals surface area contributed by atoms with Gasteiger partial charge in [-0.3, -0.25) is 10.1 Å². The Morgan fingerprint density at radius 3 is 2.83 bits per heavy atom. The van der Waals surface area contributed by atoms with E-state index in [1.165, 1.54) is 0 Å². The van der Waals surface area contributed by atoms with Gasteiger partial charge in [0.1, 0.15) is 11.4 Å². The summed E-state index contributed by atoms with van der Waals surface area (Å²) in [6.07, 6.45) is 0.601. The van der Waals surface area contributed by atoms with Crippen LogP contribution >= 0.6 is 0 Å². The lowest BCUT2D eigenvalue weighted by atomic mass is 10.0. The van der Waals surface area contributed by atoms with Gasteiger partial charge in [-0.05, 0) is 44.0 Å². The van der Waals surface area contributed by atoms with E-state index in [2.05, 4.69) is 15.5 Å². The topological polar surface area (TPSA) is 94.1 Å². The van der Waals surface area contributed by atoms with Gasteiger partial charge in [-0.15, -0.1) is 0 Å². The Morgan fingerprint density at radius 1 is 1.31 bits per heavy atom. The van der Waals surface area contributed by atoms with E-state index < -0.39 is 11.8 Å². The fourth-order valence-corrected chi connectivity index (χ4v) is 4.01. The fraction of sp³-hybridized carbons (Fsp3) is 0.333. The lowest BCUT2D eigenvalue weighted by Gasteiger charge is -2.42. The molecule has 3 N–H and O–H groups in total. The van der Waals surface area contributed by atoms with Crippen LogP contribution in [0.15, 0.2) is 36.4 Å². The number of anilines is 3. The lowest BCUT2D eigenvalue weighted by Crippen LogP contribution is -2.59. The second-order valence-corrected chi connectivity index (χ2v) is 7.77. The van der Waals surface area contributed by atoms with Gasteiger partial charge >= 0.3 is 6.09 Å². The second kappa shape index (κ2) is 6.88.